The molecule has 8 heteroatoms. The Bertz CT molecular complexity index is 1270. The van der Waals surface area contributed by atoms with Crippen molar-refractivity contribution in [2.24, 2.45) is 0 Å². The van der Waals surface area contributed by atoms with Gasteiger partial charge in [-0.3, -0.25) is 4.79 Å². The molecule has 0 bridgehead atoms. The van der Waals surface area contributed by atoms with Crippen molar-refractivity contribution in [2.75, 3.05) is 0 Å². The fourth-order valence-corrected chi connectivity index (χ4v) is 5.44. The van der Waals surface area contributed by atoms with Gasteiger partial charge in [-0.25, -0.2) is 12.8 Å². The second-order valence-electron chi connectivity index (χ2n) is 7.01. The van der Waals surface area contributed by atoms with Gasteiger partial charge in [-0.05, 0) is 41.5 Å². The van der Waals surface area contributed by atoms with Crippen LogP contribution in [0.5, 0.6) is 0 Å². The lowest BCUT2D eigenvalue weighted by atomic mass is 10.1. The molecule has 1 heterocycles. The summed E-state index contributed by atoms with van der Waals surface area (Å²) in [6.45, 7) is -0.0432. The quantitative estimate of drug-likeness (QED) is 0.596. The molecule has 1 amide bonds. The van der Waals surface area contributed by atoms with Gasteiger partial charge in [0.1, 0.15) is 10.7 Å². The molecule has 0 fully saturated rings. The number of hydrogen-bond acceptors (Lipinski definition) is 4. The highest BCUT2D eigenvalue weighted by atomic mass is 35.5. The van der Waals surface area contributed by atoms with Gasteiger partial charge in [-0.15, -0.1) is 0 Å². The van der Waals surface area contributed by atoms with Gasteiger partial charge in [0.2, 0.25) is 9.84 Å². The number of aliphatic hydroxyl groups excluding tert-OH is 1. The molecule has 158 valence electrons. The smallest absolute Gasteiger partial charge is 0.290 e. The number of carbonyl (C=O) groups excluding carboxylic acids is 1. The first kappa shape index (κ1) is 21.1. The second-order valence-corrected chi connectivity index (χ2v) is 9.33. The molecule has 0 spiro atoms. The lowest BCUT2D eigenvalue weighted by Gasteiger charge is -2.27. The minimum atomic E-state index is -4.22. The van der Waals surface area contributed by atoms with Crippen molar-refractivity contribution in [3.05, 3.63) is 111 Å². The topological polar surface area (TPSA) is 74.7 Å². The average Bonchev–Trinajstić information content (AvgIpc) is 3.02. The summed E-state index contributed by atoms with van der Waals surface area (Å²) in [5, 5.41) is 11.1. The van der Waals surface area contributed by atoms with Gasteiger partial charge in [0.15, 0.2) is 5.76 Å². The molecule has 0 aliphatic carbocycles. The summed E-state index contributed by atoms with van der Waals surface area (Å²) in [6.07, 6.45) is 0. The Kier molecular flexibility index (Phi) is 5.56. The Hall–Kier alpha value is -3.16. The van der Waals surface area contributed by atoms with Crippen molar-refractivity contribution in [1.29, 1.82) is 0 Å². The minimum absolute atomic E-state index is 0.0432. The molecule has 4 rings (SSSR count). The highest BCUT2D eigenvalue weighted by molar-refractivity contribution is 7.95. The number of carbonyl (C=O) groups is 1. The van der Waals surface area contributed by atoms with Crippen LogP contribution in [0.4, 0.5) is 4.39 Å². The largest absolute Gasteiger partial charge is 0.502 e. The summed E-state index contributed by atoms with van der Waals surface area (Å²) >= 11 is 6.24. The molecule has 0 aromatic heterocycles. The zero-order valence-electron chi connectivity index (χ0n) is 16.1. The molecule has 0 saturated heterocycles. The van der Waals surface area contributed by atoms with Crippen molar-refractivity contribution < 1.29 is 22.7 Å². The first-order chi connectivity index (χ1) is 14.8. The Morgan fingerprint density at radius 1 is 0.935 bits per heavy atom. The Morgan fingerprint density at radius 2 is 1.55 bits per heavy atom. The number of hydrogen-bond donors (Lipinski definition) is 1. The molecular weight excluding hydrogens is 441 g/mol. The van der Waals surface area contributed by atoms with Gasteiger partial charge in [0.25, 0.3) is 5.91 Å². The first-order valence-electron chi connectivity index (χ1n) is 9.34. The van der Waals surface area contributed by atoms with Crippen molar-refractivity contribution in [3.8, 4) is 0 Å². The molecule has 0 radical (unpaired) electrons. The molecule has 3 aromatic carbocycles. The van der Waals surface area contributed by atoms with Crippen LogP contribution in [0.2, 0.25) is 5.02 Å². The van der Waals surface area contributed by atoms with Gasteiger partial charge in [-0.2, -0.15) is 0 Å². The summed E-state index contributed by atoms with van der Waals surface area (Å²) in [4.78, 5) is 13.7. The van der Waals surface area contributed by atoms with E-state index in [1.807, 2.05) is 0 Å². The normalized spacial score (nSPS) is 16.8. The standard InChI is InChI=1S/C23H17ClFNO4S/c24-19-9-5-4-6-16(19)14-26-20(15-10-12-17(25)13-11-15)22(21(27)23(26)28)31(29,30)18-7-2-1-3-8-18/h1-13,20,27H,14H2/t20-/m1/s1. The summed E-state index contributed by atoms with van der Waals surface area (Å²) in [6, 6.07) is 18.4. The van der Waals surface area contributed by atoms with E-state index in [2.05, 4.69) is 0 Å². The lowest BCUT2D eigenvalue weighted by Crippen LogP contribution is -2.30. The fraction of sp³-hybridized carbons (Fsp3) is 0.0870. The van der Waals surface area contributed by atoms with Crippen LogP contribution in [0, 0.1) is 5.82 Å². The van der Waals surface area contributed by atoms with Crippen LogP contribution in [0.1, 0.15) is 17.2 Å². The molecule has 31 heavy (non-hydrogen) atoms. The van der Waals surface area contributed by atoms with Gasteiger partial charge in [0.05, 0.1) is 10.9 Å². The predicted molar refractivity (Wildman–Crippen MR) is 114 cm³/mol. The van der Waals surface area contributed by atoms with E-state index in [0.29, 0.717) is 16.1 Å². The molecular formula is C23H17ClFNO4S. The SMILES string of the molecule is O=C1C(O)=C(S(=O)(=O)c2ccccc2)[C@@H](c2ccc(F)cc2)N1Cc1ccccc1Cl. The number of benzene rings is 3. The zero-order chi connectivity index (χ0) is 22.2. The molecule has 3 aromatic rings. The van der Waals surface area contributed by atoms with Crippen molar-refractivity contribution >= 4 is 27.3 Å². The molecule has 0 saturated carbocycles. The van der Waals surface area contributed by atoms with E-state index in [0.717, 1.165) is 0 Å². The summed E-state index contributed by atoms with van der Waals surface area (Å²) in [5.41, 5.74) is 0.927. The van der Waals surface area contributed by atoms with Crippen LogP contribution < -0.4 is 0 Å². The van der Waals surface area contributed by atoms with E-state index in [1.54, 1.807) is 42.5 Å². The van der Waals surface area contributed by atoms with Gasteiger partial charge in [0, 0.05) is 11.6 Å². The molecule has 1 atom stereocenters. The molecule has 1 aliphatic rings. The van der Waals surface area contributed by atoms with Crippen molar-refractivity contribution in [1.82, 2.24) is 4.90 Å². The number of halogens is 2. The number of sulfone groups is 1. The summed E-state index contributed by atoms with van der Waals surface area (Å²) in [5.74, 6) is -2.21. The Labute approximate surface area is 183 Å². The number of nitrogens with zero attached hydrogens (tertiary/aromatic N) is 1. The van der Waals surface area contributed by atoms with Gasteiger partial charge in [-0.1, -0.05) is 60.1 Å². The van der Waals surface area contributed by atoms with E-state index >= 15 is 0 Å². The monoisotopic (exact) mass is 457 g/mol. The van der Waals surface area contributed by atoms with Crippen molar-refractivity contribution in [3.63, 3.8) is 0 Å². The summed E-state index contributed by atoms with van der Waals surface area (Å²) < 4.78 is 40.4. The third kappa shape index (κ3) is 3.82. The van der Waals surface area contributed by atoms with E-state index in [9.17, 15) is 22.7 Å². The third-order valence-corrected chi connectivity index (χ3v) is 7.34. The number of aliphatic hydroxyl groups is 1. The van der Waals surface area contributed by atoms with Crippen LogP contribution in [0.15, 0.2) is 94.4 Å². The number of amides is 1. The average molecular weight is 458 g/mol. The van der Waals surface area contributed by atoms with Crippen LogP contribution in [-0.4, -0.2) is 24.3 Å². The maximum absolute atomic E-state index is 13.5. The van der Waals surface area contributed by atoms with Crippen LogP contribution in [-0.2, 0) is 21.2 Å². The second kappa shape index (κ2) is 8.17. The maximum atomic E-state index is 13.5. The van der Waals surface area contributed by atoms with Crippen molar-refractivity contribution in [2.45, 2.75) is 17.5 Å². The Morgan fingerprint density at radius 3 is 2.19 bits per heavy atom. The zero-order valence-corrected chi connectivity index (χ0v) is 17.6. The van der Waals surface area contributed by atoms with E-state index < -0.39 is 38.3 Å². The van der Waals surface area contributed by atoms with E-state index in [1.165, 1.54) is 41.3 Å². The predicted octanol–water partition coefficient (Wildman–Crippen LogP) is 4.81. The molecule has 1 N–H and O–H groups in total. The highest BCUT2D eigenvalue weighted by Gasteiger charge is 2.46. The van der Waals surface area contributed by atoms with E-state index in [4.69, 9.17) is 11.6 Å². The fourth-order valence-electron chi connectivity index (χ4n) is 3.58. The Balaban J connectivity index is 1.87. The molecule has 0 unspecified atom stereocenters. The van der Waals surface area contributed by atoms with Crippen LogP contribution in [0.3, 0.4) is 0 Å². The van der Waals surface area contributed by atoms with Crippen LogP contribution in [0.25, 0.3) is 0 Å². The summed E-state index contributed by atoms with van der Waals surface area (Å²) in [7, 11) is -4.22. The maximum Gasteiger partial charge on any atom is 0.290 e. The molecule has 5 nitrogen and oxygen atoms in total. The van der Waals surface area contributed by atoms with E-state index in [-0.39, 0.29) is 11.4 Å². The third-order valence-electron chi connectivity index (χ3n) is 5.08. The van der Waals surface area contributed by atoms with Gasteiger partial charge >= 0.3 is 0 Å². The first-order valence-corrected chi connectivity index (χ1v) is 11.2. The minimum Gasteiger partial charge on any atom is -0.502 e. The molecule has 1 aliphatic heterocycles. The lowest BCUT2D eigenvalue weighted by molar-refractivity contribution is -0.130. The van der Waals surface area contributed by atoms with Gasteiger partial charge < -0.3 is 10.0 Å². The highest BCUT2D eigenvalue weighted by Crippen LogP contribution is 2.43. The van der Waals surface area contributed by atoms with Crippen LogP contribution >= 0.6 is 11.6 Å². The number of rotatable bonds is 5.